The molecule has 10 heteroatoms. The first-order valence-electron chi connectivity index (χ1n) is 8.41. The fraction of sp³-hybridized carbons (Fsp3) is 0.333. The molecule has 0 radical (unpaired) electrons. The van der Waals surface area contributed by atoms with Crippen molar-refractivity contribution in [3.05, 3.63) is 35.0 Å². The number of benzene rings is 1. The molecule has 0 bridgehead atoms. The van der Waals surface area contributed by atoms with Gasteiger partial charge in [-0.05, 0) is 25.1 Å². The zero-order valence-corrected chi connectivity index (χ0v) is 16.0. The molecule has 1 N–H and O–H groups in total. The molecule has 0 spiro atoms. The summed E-state index contributed by atoms with van der Waals surface area (Å²) in [5.41, 5.74) is 0.481. The van der Waals surface area contributed by atoms with Gasteiger partial charge in [-0.3, -0.25) is 14.4 Å². The summed E-state index contributed by atoms with van der Waals surface area (Å²) < 4.78 is 15.1. The van der Waals surface area contributed by atoms with E-state index in [2.05, 4.69) is 10.5 Å². The number of aryl methyl sites for hydroxylation is 1. The van der Waals surface area contributed by atoms with Crippen molar-refractivity contribution < 1.29 is 28.4 Å². The topological polar surface area (TPSA) is 111 Å². The number of methoxy groups -OCH3 is 1. The Kier molecular flexibility index (Phi) is 5.84. The summed E-state index contributed by atoms with van der Waals surface area (Å²) in [6.45, 7) is 1.30. The number of rotatable bonds is 6. The van der Waals surface area contributed by atoms with Gasteiger partial charge in [0.2, 0.25) is 5.91 Å². The second-order valence-corrected chi connectivity index (χ2v) is 6.64. The largest absolute Gasteiger partial charge is 0.495 e. The van der Waals surface area contributed by atoms with Crippen molar-refractivity contribution in [1.29, 1.82) is 0 Å². The molecule has 0 aliphatic carbocycles. The highest BCUT2D eigenvalue weighted by atomic mass is 35.5. The van der Waals surface area contributed by atoms with E-state index in [4.69, 9.17) is 25.6 Å². The molecule has 2 heterocycles. The van der Waals surface area contributed by atoms with Gasteiger partial charge in [-0.25, -0.2) is 0 Å². The summed E-state index contributed by atoms with van der Waals surface area (Å²) >= 11 is 6.01. The molecular formula is C18H18ClN3O6. The summed E-state index contributed by atoms with van der Waals surface area (Å²) in [7, 11) is 1.48. The number of carbonyl (C=O) groups is 3. The van der Waals surface area contributed by atoms with Crippen molar-refractivity contribution >= 4 is 40.9 Å². The number of hydrogen-bond donors (Lipinski definition) is 1. The Bertz CT molecular complexity index is 912. The third-order valence-corrected chi connectivity index (χ3v) is 4.37. The van der Waals surface area contributed by atoms with Crippen LogP contribution in [0.1, 0.15) is 12.2 Å². The van der Waals surface area contributed by atoms with Gasteiger partial charge in [-0.1, -0.05) is 16.8 Å². The first kappa shape index (κ1) is 19.7. The van der Waals surface area contributed by atoms with E-state index < -0.39 is 24.4 Å². The lowest BCUT2D eigenvalue weighted by molar-refractivity contribution is -0.151. The van der Waals surface area contributed by atoms with Crippen molar-refractivity contribution in [3.8, 4) is 5.75 Å². The highest BCUT2D eigenvalue weighted by Gasteiger charge is 2.37. The average Bonchev–Trinajstić information content (AvgIpc) is 3.25. The number of nitrogens with zero attached hydrogens (tertiary/aromatic N) is 2. The number of halogens is 1. The quantitative estimate of drug-likeness (QED) is 0.730. The van der Waals surface area contributed by atoms with Crippen LogP contribution in [0.15, 0.2) is 28.8 Å². The standard InChI is InChI=1S/C18H18ClN3O6/c1-10-5-15(21-28-10)20-16(23)9-27-18(25)11-6-17(24)22(8-11)13-7-12(19)3-4-14(13)26-2/h3-5,7,11H,6,8-9H2,1-2H3,(H,20,21,23)/t11-/m0/s1. The number of carbonyl (C=O) groups excluding carboxylic acids is 3. The molecule has 2 aromatic rings. The van der Waals surface area contributed by atoms with Crippen molar-refractivity contribution in [3.63, 3.8) is 0 Å². The lowest BCUT2D eigenvalue weighted by Crippen LogP contribution is -2.28. The Balaban J connectivity index is 1.58. The second-order valence-electron chi connectivity index (χ2n) is 6.20. The van der Waals surface area contributed by atoms with Crippen LogP contribution in [0.4, 0.5) is 11.5 Å². The third-order valence-electron chi connectivity index (χ3n) is 4.13. The smallest absolute Gasteiger partial charge is 0.311 e. The summed E-state index contributed by atoms with van der Waals surface area (Å²) in [4.78, 5) is 37.9. The molecule has 1 aromatic carbocycles. The average molecular weight is 408 g/mol. The van der Waals surface area contributed by atoms with Gasteiger partial charge in [0.15, 0.2) is 12.4 Å². The predicted octanol–water partition coefficient (Wildman–Crippen LogP) is 2.18. The van der Waals surface area contributed by atoms with Crippen molar-refractivity contribution in [2.75, 3.05) is 30.5 Å². The summed E-state index contributed by atoms with van der Waals surface area (Å²) in [6.07, 6.45) is -0.0292. The lowest BCUT2D eigenvalue weighted by atomic mass is 10.1. The fourth-order valence-electron chi connectivity index (χ4n) is 2.83. The minimum atomic E-state index is -0.696. The number of nitrogens with one attached hydrogen (secondary N) is 1. The van der Waals surface area contributed by atoms with Gasteiger partial charge in [0.25, 0.3) is 5.91 Å². The maximum absolute atomic E-state index is 12.4. The number of amides is 2. The maximum Gasteiger partial charge on any atom is 0.311 e. The van der Waals surface area contributed by atoms with Gasteiger partial charge in [-0.2, -0.15) is 0 Å². The van der Waals surface area contributed by atoms with Gasteiger partial charge in [-0.15, -0.1) is 0 Å². The van der Waals surface area contributed by atoms with Gasteiger partial charge in [0.05, 0.1) is 18.7 Å². The molecule has 0 unspecified atom stereocenters. The van der Waals surface area contributed by atoms with Crippen molar-refractivity contribution in [2.45, 2.75) is 13.3 Å². The minimum absolute atomic E-state index is 0.0292. The zero-order chi connectivity index (χ0) is 20.3. The molecule has 148 valence electrons. The van der Waals surface area contributed by atoms with E-state index in [0.29, 0.717) is 22.2 Å². The van der Waals surface area contributed by atoms with E-state index in [1.807, 2.05) is 0 Å². The monoisotopic (exact) mass is 407 g/mol. The zero-order valence-electron chi connectivity index (χ0n) is 15.2. The Morgan fingerprint density at radius 1 is 1.39 bits per heavy atom. The molecule has 1 fully saturated rings. The number of esters is 1. The van der Waals surface area contributed by atoms with Gasteiger partial charge < -0.3 is 24.2 Å². The SMILES string of the molecule is COc1ccc(Cl)cc1N1C[C@@H](C(=O)OCC(=O)Nc2cc(C)on2)CC1=O. The van der Waals surface area contributed by atoms with Crippen molar-refractivity contribution in [1.82, 2.24) is 5.16 Å². The molecule has 2 amide bonds. The third kappa shape index (κ3) is 4.42. The van der Waals surface area contributed by atoms with E-state index in [-0.39, 0.29) is 24.7 Å². The number of aromatic nitrogens is 1. The Morgan fingerprint density at radius 3 is 2.86 bits per heavy atom. The lowest BCUT2D eigenvalue weighted by Gasteiger charge is -2.19. The van der Waals surface area contributed by atoms with E-state index in [9.17, 15) is 14.4 Å². The number of hydrogen-bond acceptors (Lipinski definition) is 7. The molecule has 1 atom stereocenters. The van der Waals surface area contributed by atoms with E-state index in [1.54, 1.807) is 25.1 Å². The fourth-order valence-corrected chi connectivity index (χ4v) is 3.00. The maximum atomic E-state index is 12.4. The first-order valence-corrected chi connectivity index (χ1v) is 8.79. The molecule has 1 aromatic heterocycles. The molecular weight excluding hydrogens is 390 g/mol. The van der Waals surface area contributed by atoms with Crippen LogP contribution in [0, 0.1) is 12.8 Å². The molecule has 1 aliphatic rings. The molecule has 3 rings (SSSR count). The van der Waals surface area contributed by atoms with Crippen LogP contribution >= 0.6 is 11.6 Å². The van der Waals surface area contributed by atoms with E-state index in [1.165, 1.54) is 18.1 Å². The molecule has 1 saturated heterocycles. The van der Waals surface area contributed by atoms with Gasteiger partial charge in [0, 0.05) is 24.1 Å². The number of ether oxygens (including phenoxy) is 2. The minimum Gasteiger partial charge on any atom is -0.495 e. The van der Waals surface area contributed by atoms with Crippen LogP contribution in [-0.4, -0.2) is 43.2 Å². The van der Waals surface area contributed by atoms with Crippen LogP contribution in [-0.2, 0) is 19.1 Å². The second kappa shape index (κ2) is 8.30. The van der Waals surface area contributed by atoms with Crippen LogP contribution < -0.4 is 15.0 Å². The van der Waals surface area contributed by atoms with Crippen LogP contribution in [0.25, 0.3) is 0 Å². The predicted molar refractivity (Wildman–Crippen MR) is 99.3 cm³/mol. The van der Waals surface area contributed by atoms with Crippen LogP contribution in [0.3, 0.4) is 0 Å². The van der Waals surface area contributed by atoms with Gasteiger partial charge in [0.1, 0.15) is 11.5 Å². The van der Waals surface area contributed by atoms with E-state index in [0.717, 1.165) is 0 Å². The van der Waals surface area contributed by atoms with Crippen molar-refractivity contribution in [2.24, 2.45) is 5.92 Å². The number of anilines is 2. The summed E-state index contributed by atoms with van der Waals surface area (Å²) in [6, 6.07) is 6.42. The van der Waals surface area contributed by atoms with Crippen LogP contribution in [0.5, 0.6) is 5.75 Å². The first-order chi connectivity index (χ1) is 13.4. The Morgan fingerprint density at radius 2 is 2.18 bits per heavy atom. The molecule has 0 saturated carbocycles. The summed E-state index contributed by atoms with van der Waals surface area (Å²) in [5.74, 6) is -0.915. The van der Waals surface area contributed by atoms with Crippen LogP contribution in [0.2, 0.25) is 5.02 Å². The summed E-state index contributed by atoms with van der Waals surface area (Å²) in [5, 5.41) is 6.50. The molecule has 9 nitrogen and oxygen atoms in total. The Hall–Kier alpha value is -3.07. The van der Waals surface area contributed by atoms with E-state index >= 15 is 0 Å². The molecule has 28 heavy (non-hydrogen) atoms. The molecule has 1 aliphatic heterocycles. The highest BCUT2D eigenvalue weighted by Crippen LogP contribution is 2.35. The Labute approximate surface area is 165 Å². The van der Waals surface area contributed by atoms with Gasteiger partial charge >= 0.3 is 5.97 Å². The highest BCUT2D eigenvalue weighted by molar-refractivity contribution is 6.31. The normalized spacial score (nSPS) is 16.2.